The molecule has 0 saturated heterocycles. The van der Waals surface area contributed by atoms with Crippen LogP contribution in [0.15, 0.2) is 29.4 Å². The highest BCUT2D eigenvalue weighted by Gasteiger charge is 2.11. The molecule has 1 rings (SSSR count). The summed E-state index contributed by atoms with van der Waals surface area (Å²) in [5, 5.41) is 14.5. The van der Waals surface area contributed by atoms with Crippen molar-refractivity contribution >= 4 is 11.7 Å². The number of carbonyl (C=O) groups excluding carboxylic acids is 1. The summed E-state index contributed by atoms with van der Waals surface area (Å²) in [4.78, 5) is 14.2. The van der Waals surface area contributed by atoms with Gasteiger partial charge in [0.2, 0.25) is 0 Å². The molecule has 110 valence electrons. The van der Waals surface area contributed by atoms with Gasteiger partial charge in [-0.1, -0.05) is 17.3 Å². The second-order valence-corrected chi connectivity index (χ2v) is 5.03. The molecule has 1 unspecified atom stereocenters. The van der Waals surface area contributed by atoms with Crippen molar-refractivity contribution in [3.05, 3.63) is 35.4 Å². The minimum Gasteiger partial charge on any atom is -0.409 e. The van der Waals surface area contributed by atoms with Crippen LogP contribution in [-0.4, -0.2) is 48.5 Å². The van der Waals surface area contributed by atoms with Crippen LogP contribution < -0.4 is 11.1 Å². The Morgan fingerprint density at radius 3 is 2.70 bits per heavy atom. The highest BCUT2D eigenvalue weighted by atomic mass is 16.4. The number of nitrogens with zero attached hydrogens (tertiary/aromatic N) is 2. The number of nitrogens with one attached hydrogen (secondary N) is 1. The molecule has 0 heterocycles. The predicted octanol–water partition coefficient (Wildman–Crippen LogP) is 0.851. The monoisotopic (exact) mass is 278 g/mol. The summed E-state index contributed by atoms with van der Waals surface area (Å²) in [6, 6.07) is 6.76. The molecule has 0 spiro atoms. The van der Waals surface area contributed by atoms with E-state index in [9.17, 15) is 4.79 Å². The Balaban J connectivity index is 2.68. The van der Waals surface area contributed by atoms with E-state index in [0.29, 0.717) is 11.1 Å². The van der Waals surface area contributed by atoms with Gasteiger partial charge in [-0.2, -0.15) is 0 Å². The average Bonchev–Trinajstić information content (AvgIpc) is 2.44. The summed E-state index contributed by atoms with van der Waals surface area (Å²) in [6.07, 6.45) is 0.874. The normalized spacial score (nSPS) is 13.3. The molecule has 20 heavy (non-hydrogen) atoms. The number of carbonyl (C=O) groups is 1. The fourth-order valence-corrected chi connectivity index (χ4v) is 1.71. The van der Waals surface area contributed by atoms with Gasteiger partial charge in [0.15, 0.2) is 5.84 Å². The smallest absolute Gasteiger partial charge is 0.251 e. The number of hydrogen-bond acceptors (Lipinski definition) is 4. The van der Waals surface area contributed by atoms with Gasteiger partial charge >= 0.3 is 0 Å². The number of hydrogen-bond donors (Lipinski definition) is 3. The molecule has 1 aromatic carbocycles. The Kier molecular flexibility index (Phi) is 5.99. The maximum Gasteiger partial charge on any atom is 0.251 e. The van der Waals surface area contributed by atoms with Crippen LogP contribution in [0.1, 0.15) is 29.3 Å². The van der Waals surface area contributed by atoms with Gasteiger partial charge in [-0.15, -0.1) is 0 Å². The number of amidine groups is 1. The van der Waals surface area contributed by atoms with E-state index in [4.69, 9.17) is 10.9 Å². The Morgan fingerprint density at radius 1 is 1.45 bits per heavy atom. The van der Waals surface area contributed by atoms with E-state index in [0.717, 1.165) is 13.0 Å². The SMILES string of the molecule is CC(CCN(C)C)NC(=O)c1cccc(C(N)=NO)c1. The van der Waals surface area contributed by atoms with E-state index in [2.05, 4.69) is 15.4 Å². The molecule has 4 N–H and O–H groups in total. The van der Waals surface area contributed by atoms with Gasteiger partial charge in [-0.25, -0.2) is 0 Å². The summed E-state index contributed by atoms with van der Waals surface area (Å²) in [5.74, 6) is -0.177. The van der Waals surface area contributed by atoms with Crippen LogP contribution in [0.25, 0.3) is 0 Å². The Hall–Kier alpha value is -2.08. The summed E-state index contributed by atoms with van der Waals surface area (Å²) < 4.78 is 0. The lowest BCUT2D eigenvalue weighted by Crippen LogP contribution is -2.34. The molecule has 6 heteroatoms. The molecule has 0 aliphatic rings. The fourth-order valence-electron chi connectivity index (χ4n) is 1.71. The molecule has 0 bridgehead atoms. The molecule has 1 amide bonds. The van der Waals surface area contributed by atoms with Crippen LogP contribution in [0.4, 0.5) is 0 Å². The highest BCUT2D eigenvalue weighted by Crippen LogP contribution is 2.06. The van der Waals surface area contributed by atoms with Crippen molar-refractivity contribution in [2.24, 2.45) is 10.9 Å². The minimum atomic E-state index is -0.163. The van der Waals surface area contributed by atoms with Gasteiger partial charge < -0.3 is 21.2 Å². The first-order valence-electron chi connectivity index (χ1n) is 6.47. The molecule has 0 aliphatic heterocycles. The molecule has 0 fully saturated rings. The largest absolute Gasteiger partial charge is 0.409 e. The topological polar surface area (TPSA) is 91.0 Å². The van der Waals surface area contributed by atoms with E-state index < -0.39 is 0 Å². The maximum absolute atomic E-state index is 12.1. The lowest BCUT2D eigenvalue weighted by atomic mass is 10.1. The molecule has 0 radical (unpaired) electrons. The molecular formula is C14H22N4O2. The van der Waals surface area contributed by atoms with Crippen molar-refractivity contribution in [3.63, 3.8) is 0 Å². The van der Waals surface area contributed by atoms with E-state index in [1.807, 2.05) is 21.0 Å². The van der Waals surface area contributed by atoms with Crippen molar-refractivity contribution in [1.29, 1.82) is 0 Å². The zero-order chi connectivity index (χ0) is 15.1. The van der Waals surface area contributed by atoms with Gasteiger partial charge in [0, 0.05) is 17.2 Å². The molecule has 6 nitrogen and oxygen atoms in total. The molecule has 0 aromatic heterocycles. The zero-order valence-electron chi connectivity index (χ0n) is 12.1. The summed E-state index contributed by atoms with van der Waals surface area (Å²) >= 11 is 0. The quantitative estimate of drug-likeness (QED) is 0.311. The van der Waals surface area contributed by atoms with Crippen LogP contribution in [0.5, 0.6) is 0 Å². The van der Waals surface area contributed by atoms with Crippen molar-refractivity contribution in [3.8, 4) is 0 Å². The zero-order valence-corrected chi connectivity index (χ0v) is 12.1. The van der Waals surface area contributed by atoms with Crippen molar-refractivity contribution in [2.45, 2.75) is 19.4 Å². The van der Waals surface area contributed by atoms with Crippen LogP contribution in [0, 0.1) is 0 Å². The molecule has 1 aromatic rings. The number of oxime groups is 1. The standard InChI is InChI=1S/C14H22N4O2/c1-10(7-8-18(2)3)16-14(19)12-6-4-5-11(9-12)13(15)17-20/h4-6,9-10,20H,7-8H2,1-3H3,(H2,15,17)(H,16,19). The second kappa shape index (κ2) is 7.49. The number of rotatable bonds is 6. The van der Waals surface area contributed by atoms with Crippen molar-refractivity contribution < 1.29 is 10.0 Å². The van der Waals surface area contributed by atoms with Gasteiger partial charge in [-0.3, -0.25) is 4.79 Å². The molecule has 0 saturated carbocycles. The Bertz CT molecular complexity index is 486. The second-order valence-electron chi connectivity index (χ2n) is 5.03. The Labute approximate surface area is 119 Å². The van der Waals surface area contributed by atoms with Crippen LogP contribution in [0.2, 0.25) is 0 Å². The third-order valence-corrected chi connectivity index (χ3v) is 2.92. The van der Waals surface area contributed by atoms with Gasteiger partial charge in [-0.05, 0) is 46.1 Å². The first-order valence-corrected chi connectivity index (χ1v) is 6.47. The first-order chi connectivity index (χ1) is 9.43. The van der Waals surface area contributed by atoms with Crippen molar-refractivity contribution in [2.75, 3.05) is 20.6 Å². The summed E-state index contributed by atoms with van der Waals surface area (Å²) in [6.45, 7) is 2.88. The molecule has 0 aliphatic carbocycles. The van der Waals surface area contributed by atoms with Crippen LogP contribution in [0.3, 0.4) is 0 Å². The van der Waals surface area contributed by atoms with E-state index >= 15 is 0 Å². The fraction of sp³-hybridized carbons (Fsp3) is 0.429. The van der Waals surface area contributed by atoms with Gasteiger partial charge in [0.05, 0.1) is 0 Å². The average molecular weight is 278 g/mol. The first kappa shape index (κ1) is 16.0. The lowest BCUT2D eigenvalue weighted by molar-refractivity contribution is 0.0936. The number of nitrogens with two attached hydrogens (primary N) is 1. The Morgan fingerprint density at radius 2 is 2.10 bits per heavy atom. The predicted molar refractivity (Wildman–Crippen MR) is 79.1 cm³/mol. The minimum absolute atomic E-state index is 0.0136. The molecule has 1 atom stereocenters. The third kappa shape index (κ3) is 4.89. The van der Waals surface area contributed by atoms with E-state index in [1.54, 1.807) is 24.3 Å². The van der Waals surface area contributed by atoms with E-state index in [1.165, 1.54) is 0 Å². The van der Waals surface area contributed by atoms with Crippen molar-refractivity contribution in [1.82, 2.24) is 10.2 Å². The van der Waals surface area contributed by atoms with Crippen LogP contribution in [-0.2, 0) is 0 Å². The maximum atomic E-state index is 12.1. The summed E-state index contributed by atoms with van der Waals surface area (Å²) in [5.41, 5.74) is 6.51. The van der Waals surface area contributed by atoms with Crippen LogP contribution >= 0.6 is 0 Å². The lowest BCUT2D eigenvalue weighted by Gasteiger charge is -2.16. The molecular weight excluding hydrogens is 256 g/mol. The van der Waals surface area contributed by atoms with Gasteiger partial charge in [0.25, 0.3) is 5.91 Å². The van der Waals surface area contributed by atoms with Gasteiger partial charge in [0.1, 0.15) is 0 Å². The number of amides is 1. The summed E-state index contributed by atoms with van der Waals surface area (Å²) in [7, 11) is 3.99. The highest BCUT2D eigenvalue weighted by molar-refractivity contribution is 6.01. The third-order valence-electron chi connectivity index (χ3n) is 2.92. The number of benzene rings is 1. The van der Waals surface area contributed by atoms with E-state index in [-0.39, 0.29) is 17.8 Å².